The molecule has 0 spiro atoms. The second kappa shape index (κ2) is 11.1. The highest BCUT2D eigenvalue weighted by atomic mass is 35.5. The van der Waals surface area contributed by atoms with Gasteiger partial charge in [0.05, 0.1) is 28.6 Å². The molecule has 0 aliphatic carbocycles. The van der Waals surface area contributed by atoms with Crippen LogP contribution in [0.5, 0.6) is 0 Å². The first kappa shape index (κ1) is 25.2. The monoisotopic (exact) mass is 486 g/mol. The Morgan fingerprint density at radius 1 is 0.971 bits per heavy atom. The summed E-state index contributed by atoms with van der Waals surface area (Å²) in [5, 5.41) is 7.67. The van der Waals surface area contributed by atoms with Crippen molar-refractivity contribution in [1.29, 1.82) is 5.41 Å². The Hall–Kier alpha value is -3.45. The van der Waals surface area contributed by atoms with Gasteiger partial charge in [-0.05, 0) is 47.9 Å². The number of alkyl halides is 3. The van der Waals surface area contributed by atoms with Crippen LogP contribution in [0.3, 0.4) is 0 Å². The standard InChI is InChI=1S/C26H22ClF3N2O2/c1-17-6-2-3-7-18(17)14-15-34-25(33)20-12-10-19(11-13-20)23(16-24(31)26(28,29)30)32-22-9-5-4-8-21(22)27/h2-13,31H,14-16H2,1H3. The van der Waals surface area contributed by atoms with E-state index in [0.717, 1.165) is 11.1 Å². The lowest BCUT2D eigenvalue weighted by Gasteiger charge is -2.12. The normalized spacial score (nSPS) is 11.9. The zero-order chi connectivity index (χ0) is 24.7. The molecule has 0 aliphatic heterocycles. The molecule has 0 aliphatic rings. The zero-order valence-corrected chi connectivity index (χ0v) is 19.1. The Labute approximate surface area is 200 Å². The molecule has 3 aromatic rings. The van der Waals surface area contributed by atoms with E-state index in [-0.39, 0.29) is 28.6 Å². The van der Waals surface area contributed by atoms with Gasteiger partial charge < -0.3 is 10.1 Å². The summed E-state index contributed by atoms with van der Waals surface area (Å²) in [4.78, 5) is 16.7. The predicted molar refractivity (Wildman–Crippen MR) is 128 cm³/mol. The molecule has 0 saturated carbocycles. The molecule has 0 unspecified atom stereocenters. The summed E-state index contributed by atoms with van der Waals surface area (Å²) in [6, 6.07) is 20.2. The van der Waals surface area contributed by atoms with Crippen molar-refractivity contribution in [3.63, 3.8) is 0 Å². The number of esters is 1. The number of benzene rings is 3. The summed E-state index contributed by atoms with van der Waals surface area (Å²) in [7, 11) is 0. The lowest BCUT2D eigenvalue weighted by Crippen LogP contribution is -2.25. The maximum atomic E-state index is 13.0. The maximum Gasteiger partial charge on any atom is 0.429 e. The van der Waals surface area contributed by atoms with Gasteiger partial charge in [0.25, 0.3) is 0 Å². The van der Waals surface area contributed by atoms with E-state index in [1.165, 1.54) is 24.3 Å². The van der Waals surface area contributed by atoms with Crippen LogP contribution >= 0.6 is 11.6 Å². The van der Waals surface area contributed by atoms with Crippen LogP contribution < -0.4 is 0 Å². The Balaban J connectivity index is 1.76. The SMILES string of the molecule is Cc1ccccc1CCOC(=O)c1ccc(C(CC(=N)C(F)(F)F)=Nc2ccccc2Cl)cc1. The van der Waals surface area contributed by atoms with Gasteiger partial charge in [0.2, 0.25) is 0 Å². The minimum Gasteiger partial charge on any atom is -0.462 e. The van der Waals surface area contributed by atoms with Crippen molar-refractivity contribution in [2.75, 3.05) is 6.61 Å². The number of hydrogen-bond acceptors (Lipinski definition) is 4. The molecule has 0 amide bonds. The first-order valence-corrected chi connectivity index (χ1v) is 10.8. The van der Waals surface area contributed by atoms with Gasteiger partial charge in [-0.3, -0.25) is 4.99 Å². The van der Waals surface area contributed by atoms with Crippen LogP contribution in [0.2, 0.25) is 5.02 Å². The van der Waals surface area contributed by atoms with Gasteiger partial charge in [0.15, 0.2) is 0 Å². The summed E-state index contributed by atoms with van der Waals surface area (Å²) < 4.78 is 44.4. The Morgan fingerprint density at radius 3 is 2.24 bits per heavy atom. The summed E-state index contributed by atoms with van der Waals surface area (Å²) in [6.45, 7) is 2.18. The molecule has 3 rings (SSSR count). The molecule has 8 heteroatoms. The molecular formula is C26H22ClF3N2O2. The minimum absolute atomic E-state index is 0.00916. The lowest BCUT2D eigenvalue weighted by molar-refractivity contribution is -0.0605. The van der Waals surface area contributed by atoms with Crippen molar-refractivity contribution >= 4 is 34.7 Å². The molecule has 0 bridgehead atoms. The number of para-hydroxylation sites is 1. The fraction of sp³-hybridized carbons (Fsp3) is 0.192. The molecule has 176 valence electrons. The molecule has 1 N–H and O–H groups in total. The number of carbonyl (C=O) groups is 1. The van der Waals surface area contributed by atoms with Gasteiger partial charge in [0, 0.05) is 12.8 Å². The Morgan fingerprint density at radius 2 is 1.59 bits per heavy atom. The third-order valence-electron chi connectivity index (χ3n) is 5.11. The van der Waals surface area contributed by atoms with E-state index < -0.39 is 24.3 Å². The second-order valence-electron chi connectivity index (χ2n) is 7.55. The number of hydrogen-bond donors (Lipinski definition) is 1. The molecule has 0 atom stereocenters. The summed E-state index contributed by atoms with van der Waals surface area (Å²) in [5.74, 6) is -0.534. The minimum atomic E-state index is -4.78. The number of nitrogens with one attached hydrogen (secondary N) is 1. The van der Waals surface area contributed by atoms with Crippen LogP contribution in [0.4, 0.5) is 18.9 Å². The third kappa shape index (κ3) is 6.78. The van der Waals surface area contributed by atoms with Crippen LogP contribution in [0, 0.1) is 12.3 Å². The quantitative estimate of drug-likeness (QED) is 0.271. The van der Waals surface area contributed by atoms with Crippen LogP contribution in [-0.4, -0.2) is 30.2 Å². The van der Waals surface area contributed by atoms with E-state index in [0.29, 0.717) is 12.0 Å². The average molecular weight is 487 g/mol. The van der Waals surface area contributed by atoms with Crippen molar-refractivity contribution < 1.29 is 22.7 Å². The largest absolute Gasteiger partial charge is 0.462 e. The van der Waals surface area contributed by atoms with E-state index in [1.807, 2.05) is 31.2 Å². The highest BCUT2D eigenvalue weighted by molar-refractivity contribution is 6.33. The van der Waals surface area contributed by atoms with Crippen LogP contribution in [0.1, 0.15) is 33.5 Å². The fourth-order valence-corrected chi connectivity index (χ4v) is 3.37. The fourth-order valence-electron chi connectivity index (χ4n) is 3.19. The van der Waals surface area contributed by atoms with Gasteiger partial charge >= 0.3 is 12.1 Å². The number of ether oxygens (including phenoxy) is 1. The van der Waals surface area contributed by atoms with E-state index in [2.05, 4.69) is 4.99 Å². The number of carbonyl (C=O) groups excluding carboxylic acids is 1. The molecule has 0 aromatic heterocycles. The molecule has 3 aromatic carbocycles. The summed E-state index contributed by atoms with van der Waals surface area (Å²) in [6.07, 6.45) is -4.94. The van der Waals surface area contributed by atoms with Gasteiger partial charge in [-0.1, -0.05) is 60.1 Å². The van der Waals surface area contributed by atoms with Crippen LogP contribution in [0.25, 0.3) is 0 Å². The third-order valence-corrected chi connectivity index (χ3v) is 5.43. The van der Waals surface area contributed by atoms with Gasteiger partial charge in [-0.2, -0.15) is 13.2 Å². The van der Waals surface area contributed by atoms with Crippen molar-refractivity contribution in [1.82, 2.24) is 0 Å². The second-order valence-corrected chi connectivity index (χ2v) is 7.96. The van der Waals surface area contributed by atoms with Crippen molar-refractivity contribution in [3.8, 4) is 0 Å². The number of nitrogens with zero attached hydrogens (tertiary/aromatic N) is 1. The van der Waals surface area contributed by atoms with E-state index >= 15 is 0 Å². The smallest absolute Gasteiger partial charge is 0.429 e. The van der Waals surface area contributed by atoms with E-state index in [4.69, 9.17) is 21.7 Å². The van der Waals surface area contributed by atoms with Crippen molar-refractivity contribution in [2.45, 2.75) is 25.9 Å². The molecular weight excluding hydrogens is 465 g/mol. The number of aryl methyl sites for hydroxylation is 1. The first-order chi connectivity index (χ1) is 16.1. The maximum absolute atomic E-state index is 13.0. The molecule has 0 saturated heterocycles. The Bertz CT molecular complexity index is 1210. The number of rotatable bonds is 8. The molecule has 0 fully saturated rings. The predicted octanol–water partition coefficient (Wildman–Crippen LogP) is 7.14. The van der Waals surface area contributed by atoms with Crippen LogP contribution in [-0.2, 0) is 11.2 Å². The van der Waals surface area contributed by atoms with E-state index in [9.17, 15) is 18.0 Å². The Kier molecular flexibility index (Phi) is 8.23. The molecule has 4 nitrogen and oxygen atoms in total. The summed E-state index contributed by atoms with van der Waals surface area (Å²) in [5.41, 5.74) is 1.65. The summed E-state index contributed by atoms with van der Waals surface area (Å²) >= 11 is 6.11. The molecule has 0 heterocycles. The van der Waals surface area contributed by atoms with Crippen molar-refractivity contribution in [2.24, 2.45) is 4.99 Å². The highest BCUT2D eigenvalue weighted by Gasteiger charge is 2.35. The zero-order valence-electron chi connectivity index (χ0n) is 18.3. The van der Waals surface area contributed by atoms with Gasteiger partial charge in [-0.25, -0.2) is 4.79 Å². The van der Waals surface area contributed by atoms with E-state index in [1.54, 1.807) is 24.3 Å². The topological polar surface area (TPSA) is 62.5 Å². The lowest BCUT2D eigenvalue weighted by atomic mass is 10.0. The van der Waals surface area contributed by atoms with Crippen molar-refractivity contribution in [3.05, 3.63) is 100 Å². The highest BCUT2D eigenvalue weighted by Crippen LogP contribution is 2.27. The number of aliphatic imine (C=N–C) groups is 1. The average Bonchev–Trinajstić information content (AvgIpc) is 2.80. The molecule has 34 heavy (non-hydrogen) atoms. The van der Waals surface area contributed by atoms with Gasteiger partial charge in [0.1, 0.15) is 5.71 Å². The van der Waals surface area contributed by atoms with Crippen LogP contribution in [0.15, 0.2) is 77.8 Å². The first-order valence-electron chi connectivity index (χ1n) is 10.4. The number of halogens is 4. The molecule has 0 radical (unpaired) electrons. The van der Waals surface area contributed by atoms with Gasteiger partial charge in [-0.15, -0.1) is 0 Å².